The van der Waals surface area contributed by atoms with Gasteiger partial charge in [0.05, 0.1) is 6.26 Å². The Morgan fingerprint density at radius 2 is 2.10 bits per heavy atom. The number of halogens is 1. The van der Waals surface area contributed by atoms with E-state index in [1.54, 1.807) is 30.2 Å². The molecular weight excluding hydrogens is 383 g/mol. The molecule has 7 heteroatoms. The molecule has 6 nitrogen and oxygen atoms in total. The van der Waals surface area contributed by atoms with Gasteiger partial charge in [-0.05, 0) is 12.1 Å². The highest BCUT2D eigenvalue weighted by molar-refractivity contribution is 14.0. The average molecular weight is 404 g/mol. The van der Waals surface area contributed by atoms with E-state index in [-0.39, 0.29) is 29.9 Å². The number of amides is 1. The van der Waals surface area contributed by atoms with Crippen molar-refractivity contribution in [2.45, 2.75) is 0 Å². The minimum atomic E-state index is -0.0521. The molecule has 1 aromatic heterocycles. The van der Waals surface area contributed by atoms with Crippen molar-refractivity contribution in [1.82, 2.24) is 15.1 Å². The monoisotopic (exact) mass is 404 g/mol. The summed E-state index contributed by atoms with van der Waals surface area (Å²) in [5.74, 6) is 1.19. The van der Waals surface area contributed by atoms with Crippen LogP contribution in [0.5, 0.6) is 0 Å². The van der Waals surface area contributed by atoms with Gasteiger partial charge in [0.25, 0.3) is 5.91 Å². The minimum absolute atomic E-state index is 0. The van der Waals surface area contributed by atoms with Crippen molar-refractivity contribution < 1.29 is 9.21 Å². The first-order valence-electron chi connectivity index (χ1n) is 6.65. The lowest BCUT2D eigenvalue weighted by Gasteiger charge is -2.36. The van der Waals surface area contributed by atoms with Crippen LogP contribution in [0, 0.1) is 0 Å². The second-order valence-electron chi connectivity index (χ2n) is 4.47. The maximum absolute atomic E-state index is 12.1. The molecule has 0 aromatic carbocycles. The number of carbonyl (C=O) groups excluding carboxylic acids is 1. The molecule has 116 valence electrons. The van der Waals surface area contributed by atoms with Gasteiger partial charge in [-0.25, -0.2) is 0 Å². The number of hydrogen-bond donors (Lipinski definition) is 1. The number of nitrogens with zero attached hydrogens (tertiary/aromatic N) is 3. The molecule has 1 aromatic rings. The largest absolute Gasteiger partial charge is 0.459 e. The number of nitrogens with one attached hydrogen (secondary N) is 1. The van der Waals surface area contributed by atoms with Gasteiger partial charge in [-0.3, -0.25) is 9.79 Å². The molecule has 0 spiro atoms. The van der Waals surface area contributed by atoms with Gasteiger partial charge in [0.1, 0.15) is 0 Å². The Kier molecular flexibility index (Phi) is 7.27. The number of guanidine groups is 1. The van der Waals surface area contributed by atoms with Crippen molar-refractivity contribution in [3.63, 3.8) is 0 Å². The fourth-order valence-corrected chi connectivity index (χ4v) is 2.17. The lowest BCUT2D eigenvalue weighted by Crippen LogP contribution is -2.53. The van der Waals surface area contributed by atoms with Gasteiger partial charge in [-0.15, -0.1) is 30.6 Å². The summed E-state index contributed by atoms with van der Waals surface area (Å²) in [6.45, 7) is 7.18. The molecule has 0 radical (unpaired) electrons. The Bertz CT molecular complexity index is 479. The zero-order valence-corrected chi connectivity index (χ0v) is 14.4. The molecule has 0 bridgehead atoms. The molecule has 1 amide bonds. The number of aliphatic imine (C=N–C) groups is 1. The molecule has 1 aliphatic rings. The normalized spacial score (nSPS) is 15.4. The van der Waals surface area contributed by atoms with Crippen LogP contribution in [0.1, 0.15) is 10.6 Å². The zero-order chi connectivity index (χ0) is 14.4. The van der Waals surface area contributed by atoms with Gasteiger partial charge < -0.3 is 19.5 Å². The summed E-state index contributed by atoms with van der Waals surface area (Å²) in [6.07, 6.45) is 3.31. The molecule has 0 unspecified atom stereocenters. The summed E-state index contributed by atoms with van der Waals surface area (Å²) in [7, 11) is 1.76. The molecule has 0 saturated carbocycles. The van der Waals surface area contributed by atoms with Crippen LogP contribution in [0.2, 0.25) is 0 Å². The van der Waals surface area contributed by atoms with Crippen LogP contribution in [0.25, 0.3) is 0 Å². The molecule has 0 atom stereocenters. The van der Waals surface area contributed by atoms with Gasteiger partial charge in [-0.1, -0.05) is 6.08 Å². The number of hydrogen-bond acceptors (Lipinski definition) is 3. The van der Waals surface area contributed by atoms with Crippen LogP contribution in [0.15, 0.2) is 40.5 Å². The third-order valence-electron chi connectivity index (χ3n) is 3.21. The predicted octanol–water partition coefficient (Wildman–Crippen LogP) is 1.42. The Balaban J connectivity index is 0.00000220. The van der Waals surface area contributed by atoms with Crippen LogP contribution in [0.3, 0.4) is 0 Å². The maximum Gasteiger partial charge on any atom is 0.289 e. The average Bonchev–Trinajstić information content (AvgIpc) is 3.02. The second-order valence-corrected chi connectivity index (χ2v) is 4.47. The van der Waals surface area contributed by atoms with Crippen LogP contribution in [-0.4, -0.2) is 61.4 Å². The Morgan fingerprint density at radius 1 is 1.43 bits per heavy atom. The third-order valence-corrected chi connectivity index (χ3v) is 3.21. The SMILES string of the molecule is C=CCNC(=NC)N1CCN(C(=O)c2ccco2)CC1.I. The lowest BCUT2D eigenvalue weighted by atomic mass is 10.3. The van der Waals surface area contributed by atoms with Crippen molar-refractivity contribution in [3.05, 3.63) is 36.8 Å². The summed E-state index contributed by atoms with van der Waals surface area (Å²) >= 11 is 0. The molecule has 1 aliphatic heterocycles. The third kappa shape index (κ3) is 4.48. The molecular formula is C14H21IN4O2. The van der Waals surface area contributed by atoms with Gasteiger partial charge >= 0.3 is 0 Å². The van der Waals surface area contributed by atoms with Crippen LogP contribution >= 0.6 is 24.0 Å². The molecule has 1 saturated heterocycles. The number of piperazine rings is 1. The summed E-state index contributed by atoms with van der Waals surface area (Å²) in [6, 6.07) is 3.42. The van der Waals surface area contributed by atoms with Crippen LogP contribution < -0.4 is 5.32 Å². The highest BCUT2D eigenvalue weighted by Gasteiger charge is 2.24. The molecule has 2 heterocycles. The first-order valence-corrected chi connectivity index (χ1v) is 6.65. The molecule has 0 aliphatic carbocycles. The van der Waals surface area contributed by atoms with E-state index in [9.17, 15) is 4.79 Å². The van der Waals surface area contributed by atoms with Gasteiger partial charge in [0, 0.05) is 39.8 Å². The number of carbonyl (C=O) groups is 1. The fraction of sp³-hybridized carbons (Fsp3) is 0.429. The summed E-state index contributed by atoms with van der Waals surface area (Å²) in [5.41, 5.74) is 0. The van der Waals surface area contributed by atoms with Crippen molar-refractivity contribution in [1.29, 1.82) is 0 Å². The Hall–Kier alpha value is -1.51. The highest BCUT2D eigenvalue weighted by atomic mass is 127. The summed E-state index contributed by atoms with van der Waals surface area (Å²) < 4.78 is 5.15. The van der Waals surface area contributed by atoms with Crippen LogP contribution in [0.4, 0.5) is 0 Å². The van der Waals surface area contributed by atoms with Crippen molar-refractivity contribution >= 4 is 35.8 Å². The smallest absolute Gasteiger partial charge is 0.289 e. The van der Waals surface area contributed by atoms with E-state index in [1.165, 1.54) is 6.26 Å². The predicted molar refractivity (Wildman–Crippen MR) is 93.2 cm³/mol. The molecule has 1 N–H and O–H groups in total. The van der Waals surface area contributed by atoms with Gasteiger partial charge in [0.15, 0.2) is 11.7 Å². The van der Waals surface area contributed by atoms with E-state index < -0.39 is 0 Å². The van der Waals surface area contributed by atoms with Gasteiger partial charge in [-0.2, -0.15) is 0 Å². The maximum atomic E-state index is 12.1. The van der Waals surface area contributed by atoms with E-state index in [2.05, 4.69) is 21.8 Å². The molecule has 2 rings (SSSR count). The summed E-state index contributed by atoms with van der Waals surface area (Å²) in [4.78, 5) is 20.3. The number of furan rings is 1. The standard InChI is InChI=1S/C14H20N4O2.HI/c1-3-6-16-14(15-2)18-9-7-17(8-10-18)13(19)12-5-4-11-20-12;/h3-5,11H,1,6-10H2,2H3,(H,15,16);1H. The minimum Gasteiger partial charge on any atom is -0.459 e. The molecule has 21 heavy (non-hydrogen) atoms. The Labute approximate surface area is 141 Å². The zero-order valence-electron chi connectivity index (χ0n) is 12.1. The highest BCUT2D eigenvalue weighted by Crippen LogP contribution is 2.09. The van der Waals surface area contributed by atoms with Crippen molar-refractivity contribution in [2.24, 2.45) is 4.99 Å². The Morgan fingerprint density at radius 3 is 2.62 bits per heavy atom. The van der Waals surface area contributed by atoms with E-state index >= 15 is 0 Å². The van der Waals surface area contributed by atoms with E-state index in [0.29, 0.717) is 25.4 Å². The summed E-state index contributed by atoms with van der Waals surface area (Å²) in [5, 5.41) is 3.20. The second kappa shape index (κ2) is 8.71. The topological polar surface area (TPSA) is 61.1 Å². The van der Waals surface area contributed by atoms with Crippen molar-refractivity contribution in [3.8, 4) is 0 Å². The van der Waals surface area contributed by atoms with Crippen molar-refractivity contribution in [2.75, 3.05) is 39.8 Å². The first-order chi connectivity index (χ1) is 9.76. The quantitative estimate of drug-likeness (QED) is 0.358. The molecule has 1 fully saturated rings. The van der Waals surface area contributed by atoms with E-state index in [1.807, 2.05) is 0 Å². The van der Waals surface area contributed by atoms with Gasteiger partial charge in [0.2, 0.25) is 0 Å². The fourth-order valence-electron chi connectivity index (χ4n) is 2.17. The number of rotatable bonds is 3. The van der Waals surface area contributed by atoms with E-state index in [0.717, 1.165) is 19.0 Å². The van der Waals surface area contributed by atoms with Crippen LogP contribution in [-0.2, 0) is 0 Å². The first kappa shape index (κ1) is 17.5. The lowest BCUT2D eigenvalue weighted by molar-refractivity contribution is 0.0658. The van der Waals surface area contributed by atoms with E-state index in [4.69, 9.17) is 4.42 Å².